The predicted octanol–water partition coefficient (Wildman–Crippen LogP) is 3.42. The fourth-order valence-electron chi connectivity index (χ4n) is 2.24. The molecule has 0 aromatic carbocycles. The molecule has 0 aliphatic carbocycles. The van der Waals surface area contributed by atoms with Crippen molar-refractivity contribution in [2.75, 3.05) is 0 Å². The minimum Gasteiger partial charge on any atom is -0.461 e. The van der Waals surface area contributed by atoms with Crippen molar-refractivity contribution in [2.24, 2.45) is 7.05 Å². The zero-order valence-corrected chi connectivity index (χ0v) is 13.6. The Kier molecular flexibility index (Phi) is 3.87. The molecule has 0 spiro atoms. The zero-order valence-electron chi connectivity index (χ0n) is 12.8. The van der Waals surface area contributed by atoms with Crippen LogP contribution in [0.15, 0.2) is 63.1 Å². The van der Waals surface area contributed by atoms with Gasteiger partial charge in [-0.05, 0) is 24.3 Å². The Balaban J connectivity index is 1.48. The van der Waals surface area contributed by atoms with Gasteiger partial charge in [-0.25, -0.2) is 0 Å². The van der Waals surface area contributed by atoms with Gasteiger partial charge in [0.2, 0.25) is 5.76 Å². The predicted molar refractivity (Wildman–Crippen MR) is 88.0 cm³/mol. The third-order valence-electron chi connectivity index (χ3n) is 3.43. The van der Waals surface area contributed by atoms with Gasteiger partial charge in [0.1, 0.15) is 0 Å². The van der Waals surface area contributed by atoms with Crippen LogP contribution < -0.4 is 0 Å². The lowest BCUT2D eigenvalue weighted by atomic mass is 10.3. The lowest BCUT2D eigenvalue weighted by molar-refractivity contribution is 0.413. The van der Waals surface area contributed by atoms with Crippen molar-refractivity contribution in [1.82, 2.24) is 24.9 Å². The molecule has 0 aliphatic heterocycles. The van der Waals surface area contributed by atoms with E-state index in [1.165, 1.54) is 0 Å². The first-order chi connectivity index (χ1) is 11.8. The van der Waals surface area contributed by atoms with Crippen LogP contribution in [0.3, 0.4) is 0 Å². The molecule has 0 saturated heterocycles. The van der Waals surface area contributed by atoms with Gasteiger partial charge in [0.05, 0.1) is 12.0 Å². The lowest BCUT2D eigenvalue weighted by Gasteiger charge is -2.02. The van der Waals surface area contributed by atoms with Crippen molar-refractivity contribution in [3.05, 3.63) is 54.7 Å². The second-order valence-corrected chi connectivity index (χ2v) is 6.00. The molecule has 8 heteroatoms. The van der Waals surface area contributed by atoms with Crippen LogP contribution in [0.25, 0.3) is 22.9 Å². The average molecular weight is 339 g/mol. The van der Waals surface area contributed by atoms with Crippen LogP contribution in [-0.2, 0) is 12.8 Å². The molecule has 24 heavy (non-hydrogen) atoms. The van der Waals surface area contributed by atoms with E-state index in [0.717, 1.165) is 22.2 Å². The number of furan rings is 1. The molecule has 0 aliphatic rings. The normalized spacial score (nSPS) is 11.0. The molecule has 0 fully saturated rings. The fourth-order valence-corrected chi connectivity index (χ4v) is 3.03. The van der Waals surface area contributed by atoms with Gasteiger partial charge in [0.25, 0.3) is 0 Å². The van der Waals surface area contributed by atoms with E-state index < -0.39 is 0 Å². The van der Waals surface area contributed by atoms with Crippen molar-refractivity contribution >= 4 is 11.8 Å². The molecule has 120 valence electrons. The molecular formula is C16H13N5O2S. The Morgan fingerprint density at radius 1 is 1.17 bits per heavy atom. The summed E-state index contributed by atoms with van der Waals surface area (Å²) in [6, 6.07) is 9.34. The van der Waals surface area contributed by atoms with Crippen LogP contribution >= 0.6 is 11.8 Å². The number of hydrogen-bond donors (Lipinski definition) is 0. The van der Waals surface area contributed by atoms with E-state index >= 15 is 0 Å². The van der Waals surface area contributed by atoms with Gasteiger partial charge < -0.3 is 13.5 Å². The number of rotatable bonds is 5. The van der Waals surface area contributed by atoms with E-state index in [9.17, 15) is 0 Å². The monoisotopic (exact) mass is 339 g/mol. The maximum atomic E-state index is 5.29. The quantitative estimate of drug-likeness (QED) is 0.515. The average Bonchev–Trinajstić information content (AvgIpc) is 3.35. The van der Waals surface area contributed by atoms with Gasteiger partial charge >= 0.3 is 0 Å². The van der Waals surface area contributed by atoms with Crippen LogP contribution in [0.4, 0.5) is 0 Å². The minimum absolute atomic E-state index is 0.615. The molecule has 0 amide bonds. The molecule has 0 radical (unpaired) electrons. The van der Waals surface area contributed by atoms with Gasteiger partial charge in [-0.3, -0.25) is 4.98 Å². The van der Waals surface area contributed by atoms with Crippen LogP contribution in [0.2, 0.25) is 0 Å². The summed E-state index contributed by atoms with van der Waals surface area (Å²) in [7, 11) is 1.93. The summed E-state index contributed by atoms with van der Waals surface area (Å²) in [5.74, 6) is 2.69. The highest BCUT2D eigenvalue weighted by molar-refractivity contribution is 7.98. The Labute approximate surface area is 141 Å². The molecular weight excluding hydrogens is 326 g/mol. The molecule has 4 aromatic rings. The first-order valence-electron chi connectivity index (χ1n) is 7.23. The number of pyridine rings is 1. The van der Waals surface area contributed by atoms with Crippen LogP contribution in [0.5, 0.6) is 0 Å². The van der Waals surface area contributed by atoms with Gasteiger partial charge in [-0.1, -0.05) is 16.9 Å². The number of nitrogens with zero attached hydrogens (tertiary/aromatic N) is 5. The SMILES string of the molecule is Cn1c(SCc2cc(-c3ccco3)on2)nnc1-c1cccnc1. The molecule has 4 heterocycles. The molecule has 0 saturated carbocycles. The van der Waals surface area contributed by atoms with Gasteiger partial charge in [0, 0.05) is 36.8 Å². The lowest BCUT2D eigenvalue weighted by Crippen LogP contribution is -1.95. The number of aromatic nitrogens is 5. The maximum Gasteiger partial charge on any atom is 0.202 e. The third kappa shape index (κ3) is 2.83. The topological polar surface area (TPSA) is 82.8 Å². The first kappa shape index (κ1) is 14.7. The van der Waals surface area contributed by atoms with Gasteiger partial charge in [-0.2, -0.15) is 0 Å². The van der Waals surface area contributed by atoms with E-state index in [1.54, 1.807) is 30.4 Å². The van der Waals surface area contributed by atoms with Crippen molar-refractivity contribution < 1.29 is 8.94 Å². The molecule has 0 bridgehead atoms. The van der Waals surface area contributed by atoms with E-state index in [1.807, 2.05) is 41.9 Å². The van der Waals surface area contributed by atoms with Crippen molar-refractivity contribution in [3.63, 3.8) is 0 Å². The summed E-state index contributed by atoms with van der Waals surface area (Å²) in [4.78, 5) is 4.11. The summed E-state index contributed by atoms with van der Waals surface area (Å²) in [5.41, 5.74) is 1.75. The Hall–Kier alpha value is -2.87. The standard InChI is InChI=1S/C16H13N5O2S/c1-21-15(11-4-2-6-17-9-11)18-19-16(21)24-10-12-8-14(23-20-12)13-5-3-7-22-13/h2-9H,10H2,1H3. The molecule has 0 N–H and O–H groups in total. The Morgan fingerprint density at radius 2 is 2.12 bits per heavy atom. The van der Waals surface area contributed by atoms with Crippen LogP contribution in [0, 0.1) is 0 Å². The van der Waals surface area contributed by atoms with Crippen LogP contribution in [-0.4, -0.2) is 24.9 Å². The zero-order chi connectivity index (χ0) is 16.4. The van der Waals surface area contributed by atoms with Gasteiger partial charge in [0.15, 0.2) is 16.7 Å². The summed E-state index contributed by atoms with van der Waals surface area (Å²) in [5, 5.41) is 13.3. The van der Waals surface area contributed by atoms with E-state index in [4.69, 9.17) is 8.94 Å². The summed E-state index contributed by atoms with van der Waals surface area (Å²) in [6.45, 7) is 0. The highest BCUT2D eigenvalue weighted by Crippen LogP contribution is 2.27. The van der Waals surface area contributed by atoms with E-state index in [0.29, 0.717) is 17.3 Å². The van der Waals surface area contributed by atoms with Crippen molar-refractivity contribution in [2.45, 2.75) is 10.9 Å². The minimum atomic E-state index is 0.615. The van der Waals surface area contributed by atoms with Crippen molar-refractivity contribution in [1.29, 1.82) is 0 Å². The summed E-state index contributed by atoms with van der Waals surface area (Å²) >= 11 is 1.54. The molecule has 0 atom stereocenters. The largest absolute Gasteiger partial charge is 0.461 e. The van der Waals surface area contributed by atoms with Crippen molar-refractivity contribution in [3.8, 4) is 22.9 Å². The summed E-state index contributed by atoms with van der Waals surface area (Å²) in [6.07, 6.45) is 5.11. The third-order valence-corrected chi connectivity index (χ3v) is 4.48. The highest BCUT2D eigenvalue weighted by atomic mass is 32.2. The first-order valence-corrected chi connectivity index (χ1v) is 8.22. The second-order valence-electron chi connectivity index (χ2n) is 5.06. The van der Waals surface area contributed by atoms with E-state index in [2.05, 4.69) is 20.3 Å². The maximum absolute atomic E-state index is 5.29. The fraction of sp³-hybridized carbons (Fsp3) is 0.125. The smallest absolute Gasteiger partial charge is 0.202 e. The Bertz CT molecular complexity index is 931. The van der Waals surface area contributed by atoms with Crippen LogP contribution in [0.1, 0.15) is 5.69 Å². The second kappa shape index (κ2) is 6.32. The molecule has 4 rings (SSSR count). The molecule has 7 nitrogen and oxygen atoms in total. The molecule has 0 unspecified atom stereocenters. The number of thioether (sulfide) groups is 1. The molecule has 4 aromatic heterocycles. The Morgan fingerprint density at radius 3 is 2.92 bits per heavy atom. The highest BCUT2D eigenvalue weighted by Gasteiger charge is 2.13. The summed E-state index contributed by atoms with van der Waals surface area (Å²) < 4.78 is 12.5. The number of hydrogen-bond acceptors (Lipinski definition) is 7. The van der Waals surface area contributed by atoms with E-state index in [-0.39, 0.29) is 0 Å². The van der Waals surface area contributed by atoms with Gasteiger partial charge in [-0.15, -0.1) is 10.2 Å².